The Labute approximate surface area is 124 Å². The molecule has 2 fully saturated rings. The van der Waals surface area contributed by atoms with Gasteiger partial charge in [0.2, 0.25) is 5.91 Å². The first kappa shape index (κ1) is 15.8. The highest BCUT2D eigenvalue weighted by Crippen LogP contribution is 2.38. The van der Waals surface area contributed by atoms with Crippen LogP contribution in [0.15, 0.2) is 0 Å². The van der Waals surface area contributed by atoms with Gasteiger partial charge in [-0.15, -0.1) is 0 Å². The normalized spacial score (nSPS) is 35.6. The molecule has 2 N–H and O–H groups in total. The zero-order chi connectivity index (χ0) is 14.8. The van der Waals surface area contributed by atoms with Gasteiger partial charge in [-0.25, -0.2) is 0 Å². The number of hydrogen-bond acceptors (Lipinski definition) is 2. The summed E-state index contributed by atoms with van der Waals surface area (Å²) in [6.07, 6.45) is 7.33. The maximum atomic E-state index is 12.6. The van der Waals surface area contributed by atoms with Gasteiger partial charge in [-0.3, -0.25) is 4.79 Å². The van der Waals surface area contributed by atoms with Crippen molar-refractivity contribution in [2.75, 3.05) is 6.54 Å². The molecule has 3 heteroatoms. The van der Waals surface area contributed by atoms with Crippen molar-refractivity contribution in [3.05, 3.63) is 0 Å². The van der Waals surface area contributed by atoms with Crippen LogP contribution in [0.3, 0.4) is 0 Å². The standard InChI is InChI=1S/C17H32N2O/c1-12-8-7-11-18-15(12)16(20)19-14-10-6-5-9-13(14)17(2,3)4/h12-15,18H,5-11H2,1-4H3,(H,19,20). The molecule has 1 amide bonds. The Balaban J connectivity index is 1.97. The Morgan fingerprint density at radius 1 is 1.10 bits per heavy atom. The maximum absolute atomic E-state index is 12.6. The number of carbonyl (C=O) groups is 1. The zero-order valence-electron chi connectivity index (χ0n) is 13.7. The molecule has 3 nitrogen and oxygen atoms in total. The molecule has 0 bridgehead atoms. The minimum Gasteiger partial charge on any atom is -0.352 e. The molecular formula is C17H32N2O. The third kappa shape index (κ3) is 3.75. The summed E-state index contributed by atoms with van der Waals surface area (Å²) in [4.78, 5) is 12.6. The van der Waals surface area contributed by atoms with E-state index in [1.807, 2.05) is 0 Å². The molecule has 4 unspecified atom stereocenters. The van der Waals surface area contributed by atoms with E-state index in [1.165, 1.54) is 32.1 Å². The lowest BCUT2D eigenvalue weighted by Crippen LogP contribution is -2.55. The molecule has 116 valence electrons. The van der Waals surface area contributed by atoms with E-state index in [4.69, 9.17) is 0 Å². The Bertz CT molecular complexity index is 334. The molecule has 0 aromatic rings. The lowest BCUT2D eigenvalue weighted by atomic mass is 9.69. The smallest absolute Gasteiger partial charge is 0.237 e. The predicted molar refractivity (Wildman–Crippen MR) is 83.5 cm³/mol. The maximum Gasteiger partial charge on any atom is 0.237 e. The van der Waals surface area contributed by atoms with Crippen molar-refractivity contribution in [3.63, 3.8) is 0 Å². The van der Waals surface area contributed by atoms with Gasteiger partial charge in [-0.2, -0.15) is 0 Å². The second kappa shape index (κ2) is 6.46. The van der Waals surface area contributed by atoms with Crippen molar-refractivity contribution in [1.82, 2.24) is 10.6 Å². The van der Waals surface area contributed by atoms with E-state index in [0.717, 1.165) is 13.0 Å². The fourth-order valence-electron chi connectivity index (χ4n) is 4.01. The monoisotopic (exact) mass is 280 g/mol. The van der Waals surface area contributed by atoms with Gasteiger partial charge in [0.15, 0.2) is 0 Å². The predicted octanol–water partition coefficient (Wildman–Crippen LogP) is 3.10. The van der Waals surface area contributed by atoms with Crippen LogP contribution in [0.25, 0.3) is 0 Å². The van der Waals surface area contributed by atoms with Crippen molar-refractivity contribution in [2.24, 2.45) is 17.3 Å². The minimum atomic E-state index is 0.0197. The number of amides is 1. The lowest BCUT2D eigenvalue weighted by molar-refractivity contribution is -0.126. The Kier molecular flexibility index (Phi) is 5.11. The minimum absolute atomic E-state index is 0.0197. The Hall–Kier alpha value is -0.570. The van der Waals surface area contributed by atoms with Crippen molar-refractivity contribution < 1.29 is 4.79 Å². The lowest BCUT2D eigenvalue weighted by Gasteiger charge is -2.42. The van der Waals surface area contributed by atoms with Gasteiger partial charge in [0.1, 0.15) is 0 Å². The van der Waals surface area contributed by atoms with Crippen LogP contribution in [0.4, 0.5) is 0 Å². The van der Waals surface area contributed by atoms with Gasteiger partial charge in [-0.05, 0) is 49.5 Å². The van der Waals surface area contributed by atoms with Crippen molar-refractivity contribution in [2.45, 2.75) is 78.3 Å². The van der Waals surface area contributed by atoms with E-state index in [2.05, 4.69) is 38.3 Å². The van der Waals surface area contributed by atoms with Crippen LogP contribution < -0.4 is 10.6 Å². The van der Waals surface area contributed by atoms with E-state index in [-0.39, 0.29) is 17.4 Å². The summed E-state index contributed by atoms with van der Waals surface area (Å²) < 4.78 is 0. The van der Waals surface area contributed by atoms with E-state index in [0.29, 0.717) is 17.9 Å². The number of carbonyl (C=O) groups excluding carboxylic acids is 1. The molecule has 2 rings (SSSR count). The second-order valence-corrected chi connectivity index (χ2v) is 7.92. The summed E-state index contributed by atoms with van der Waals surface area (Å²) >= 11 is 0. The summed E-state index contributed by atoms with van der Waals surface area (Å²) in [5.41, 5.74) is 0.282. The van der Waals surface area contributed by atoms with Gasteiger partial charge in [0, 0.05) is 6.04 Å². The largest absolute Gasteiger partial charge is 0.352 e. The highest BCUT2D eigenvalue weighted by molar-refractivity contribution is 5.82. The summed E-state index contributed by atoms with van der Waals surface area (Å²) in [5.74, 6) is 1.30. The molecule has 2 aliphatic rings. The molecular weight excluding hydrogens is 248 g/mol. The summed E-state index contributed by atoms with van der Waals surface area (Å²) in [6, 6.07) is 0.387. The van der Waals surface area contributed by atoms with E-state index < -0.39 is 0 Å². The highest BCUT2D eigenvalue weighted by atomic mass is 16.2. The van der Waals surface area contributed by atoms with Crippen LogP contribution in [0.2, 0.25) is 0 Å². The average molecular weight is 280 g/mol. The molecule has 0 aromatic heterocycles. The fourth-order valence-corrected chi connectivity index (χ4v) is 4.01. The van der Waals surface area contributed by atoms with Crippen LogP contribution in [-0.2, 0) is 4.79 Å². The van der Waals surface area contributed by atoms with Crippen LogP contribution in [-0.4, -0.2) is 24.5 Å². The first-order chi connectivity index (χ1) is 9.39. The van der Waals surface area contributed by atoms with Gasteiger partial charge < -0.3 is 10.6 Å². The molecule has 1 saturated heterocycles. The first-order valence-electron chi connectivity index (χ1n) is 8.43. The van der Waals surface area contributed by atoms with Crippen molar-refractivity contribution in [1.29, 1.82) is 0 Å². The first-order valence-corrected chi connectivity index (χ1v) is 8.43. The number of nitrogens with one attached hydrogen (secondary N) is 2. The molecule has 1 aliphatic carbocycles. The van der Waals surface area contributed by atoms with Crippen LogP contribution >= 0.6 is 0 Å². The van der Waals surface area contributed by atoms with Gasteiger partial charge in [0.05, 0.1) is 6.04 Å². The molecule has 0 aromatic carbocycles. The third-order valence-electron chi connectivity index (χ3n) is 5.26. The van der Waals surface area contributed by atoms with E-state index >= 15 is 0 Å². The second-order valence-electron chi connectivity index (χ2n) is 7.92. The summed E-state index contributed by atoms with van der Waals surface area (Å²) in [6.45, 7) is 10.1. The third-order valence-corrected chi connectivity index (χ3v) is 5.26. The van der Waals surface area contributed by atoms with Crippen molar-refractivity contribution >= 4 is 5.91 Å². The van der Waals surface area contributed by atoms with Crippen LogP contribution in [0.1, 0.15) is 66.2 Å². The molecule has 0 radical (unpaired) electrons. The average Bonchev–Trinajstić information content (AvgIpc) is 2.38. The molecule has 1 heterocycles. The SMILES string of the molecule is CC1CCCNC1C(=O)NC1CCCCC1C(C)(C)C. The van der Waals surface area contributed by atoms with Gasteiger partial charge in [0.25, 0.3) is 0 Å². The highest BCUT2D eigenvalue weighted by Gasteiger charge is 2.36. The quantitative estimate of drug-likeness (QED) is 0.816. The fraction of sp³-hybridized carbons (Fsp3) is 0.941. The zero-order valence-corrected chi connectivity index (χ0v) is 13.7. The molecule has 1 aliphatic heterocycles. The van der Waals surface area contributed by atoms with Gasteiger partial charge >= 0.3 is 0 Å². The molecule has 4 atom stereocenters. The van der Waals surface area contributed by atoms with E-state index in [9.17, 15) is 4.79 Å². The van der Waals surface area contributed by atoms with Crippen molar-refractivity contribution in [3.8, 4) is 0 Å². The number of piperidine rings is 1. The Morgan fingerprint density at radius 3 is 2.45 bits per heavy atom. The summed E-state index contributed by atoms with van der Waals surface area (Å²) in [5, 5.41) is 6.77. The number of rotatable bonds is 2. The van der Waals surface area contributed by atoms with Gasteiger partial charge in [-0.1, -0.05) is 40.5 Å². The van der Waals surface area contributed by atoms with Crippen LogP contribution in [0.5, 0.6) is 0 Å². The molecule has 20 heavy (non-hydrogen) atoms. The topological polar surface area (TPSA) is 41.1 Å². The molecule has 0 spiro atoms. The number of hydrogen-bond donors (Lipinski definition) is 2. The van der Waals surface area contributed by atoms with Crippen LogP contribution in [0, 0.1) is 17.3 Å². The molecule has 1 saturated carbocycles. The Morgan fingerprint density at radius 2 is 1.80 bits per heavy atom. The van der Waals surface area contributed by atoms with E-state index in [1.54, 1.807) is 0 Å². The summed E-state index contributed by atoms with van der Waals surface area (Å²) in [7, 11) is 0.